The zero-order valence-corrected chi connectivity index (χ0v) is 13.5. The van der Waals surface area contributed by atoms with E-state index in [2.05, 4.69) is 5.32 Å². The Morgan fingerprint density at radius 1 is 1.50 bits per heavy atom. The Morgan fingerprint density at radius 2 is 2.27 bits per heavy atom. The maximum atomic E-state index is 11.9. The molecule has 1 saturated heterocycles. The van der Waals surface area contributed by atoms with Gasteiger partial charge in [-0.05, 0) is 44.7 Å². The molecule has 2 rings (SSSR count). The first kappa shape index (κ1) is 16.8. The minimum atomic E-state index is -0.566. The highest BCUT2D eigenvalue weighted by atomic mass is 16.6. The molecule has 1 aromatic rings. The van der Waals surface area contributed by atoms with Crippen LogP contribution in [0.25, 0.3) is 0 Å². The number of nitrogens with one attached hydrogen (secondary N) is 1. The third kappa shape index (κ3) is 4.71. The summed E-state index contributed by atoms with van der Waals surface area (Å²) in [5.41, 5.74) is 1.37. The first-order chi connectivity index (χ1) is 10.4. The van der Waals surface area contributed by atoms with Crippen LogP contribution in [0.5, 0.6) is 0 Å². The Labute approximate surface area is 131 Å². The largest absolute Gasteiger partial charge is 0.444 e. The highest BCUT2D eigenvalue weighted by Gasteiger charge is 2.22. The van der Waals surface area contributed by atoms with Gasteiger partial charge in [-0.2, -0.15) is 0 Å². The third-order valence-corrected chi connectivity index (χ3v) is 3.49. The molecular weight excluding hydrogens is 282 g/mol. The topological polar surface area (TPSA) is 67.8 Å². The van der Waals surface area contributed by atoms with Crippen molar-refractivity contribution in [3.05, 3.63) is 35.4 Å². The van der Waals surface area contributed by atoms with Gasteiger partial charge in [0.25, 0.3) is 0 Å². The number of ether oxygens (including phenoxy) is 2. The van der Waals surface area contributed by atoms with Crippen molar-refractivity contribution in [1.29, 1.82) is 0 Å². The number of hydrogen-bond acceptors (Lipinski definition) is 4. The minimum Gasteiger partial charge on any atom is -0.444 e. The number of carbonyl (C=O) groups is 1. The van der Waals surface area contributed by atoms with Gasteiger partial charge in [-0.1, -0.05) is 24.3 Å². The van der Waals surface area contributed by atoms with Crippen LogP contribution in [0.3, 0.4) is 0 Å². The molecule has 0 aliphatic carbocycles. The number of alkyl carbamates (subject to hydrolysis) is 1. The summed E-state index contributed by atoms with van der Waals surface area (Å²) in [7, 11) is 0. The number of rotatable bonds is 4. The van der Waals surface area contributed by atoms with Crippen LogP contribution in [0.4, 0.5) is 4.79 Å². The molecule has 0 aromatic heterocycles. The maximum absolute atomic E-state index is 11.9. The number of carbonyl (C=O) groups excluding carboxylic acids is 1. The monoisotopic (exact) mass is 307 g/mol. The molecule has 0 radical (unpaired) electrons. The van der Waals surface area contributed by atoms with Crippen molar-refractivity contribution in [2.24, 2.45) is 0 Å². The highest BCUT2D eigenvalue weighted by Crippen LogP contribution is 2.29. The van der Waals surface area contributed by atoms with Crippen molar-refractivity contribution in [3.63, 3.8) is 0 Å². The van der Waals surface area contributed by atoms with Gasteiger partial charge in [-0.25, -0.2) is 4.79 Å². The summed E-state index contributed by atoms with van der Waals surface area (Å²) in [6.07, 6.45) is 1.65. The number of amides is 1. The fraction of sp³-hybridized carbons (Fsp3) is 0.588. The molecule has 22 heavy (non-hydrogen) atoms. The molecular formula is C17H25NO4. The molecule has 1 aliphatic rings. The summed E-state index contributed by atoms with van der Waals surface area (Å²) < 4.78 is 10.9. The predicted molar refractivity (Wildman–Crippen MR) is 83.6 cm³/mol. The molecule has 2 unspecified atom stereocenters. The molecule has 1 aromatic carbocycles. The standard InChI is InChI=1S/C17H25NO4/c1-17(2,3)22-16(20)18-14(11-19)12-6-4-7-13(10-12)15-8-5-9-21-15/h4,6-7,10,14-15,19H,5,8-9,11H2,1-3H3,(H,18,20). The Kier molecular flexibility index (Phi) is 5.42. The van der Waals surface area contributed by atoms with Crippen molar-refractivity contribution in [2.75, 3.05) is 13.2 Å². The van der Waals surface area contributed by atoms with Crippen molar-refractivity contribution < 1.29 is 19.4 Å². The van der Waals surface area contributed by atoms with Crippen LogP contribution in [0.2, 0.25) is 0 Å². The lowest BCUT2D eigenvalue weighted by molar-refractivity contribution is 0.0481. The molecule has 2 atom stereocenters. The molecule has 1 fully saturated rings. The van der Waals surface area contributed by atoms with Gasteiger partial charge in [0.2, 0.25) is 0 Å². The van der Waals surface area contributed by atoms with E-state index in [0.717, 1.165) is 30.6 Å². The van der Waals surface area contributed by atoms with E-state index in [-0.39, 0.29) is 12.7 Å². The lowest BCUT2D eigenvalue weighted by atomic mass is 10.0. The van der Waals surface area contributed by atoms with Crippen LogP contribution in [-0.4, -0.2) is 30.0 Å². The Hall–Kier alpha value is -1.59. The van der Waals surface area contributed by atoms with Gasteiger partial charge in [-0.3, -0.25) is 0 Å². The van der Waals surface area contributed by atoms with E-state index in [1.807, 2.05) is 24.3 Å². The minimum absolute atomic E-state index is 0.112. The zero-order valence-electron chi connectivity index (χ0n) is 13.5. The molecule has 2 N–H and O–H groups in total. The smallest absolute Gasteiger partial charge is 0.408 e. The molecule has 1 heterocycles. The van der Waals surface area contributed by atoms with Gasteiger partial charge in [0.05, 0.1) is 18.8 Å². The van der Waals surface area contributed by atoms with Crippen LogP contribution in [0.1, 0.15) is 56.9 Å². The van der Waals surface area contributed by atoms with Crippen LogP contribution >= 0.6 is 0 Å². The lowest BCUT2D eigenvalue weighted by Crippen LogP contribution is -2.36. The average molecular weight is 307 g/mol. The van der Waals surface area contributed by atoms with Gasteiger partial charge in [0.1, 0.15) is 5.60 Å². The van der Waals surface area contributed by atoms with Gasteiger partial charge >= 0.3 is 6.09 Å². The van der Waals surface area contributed by atoms with E-state index in [4.69, 9.17) is 9.47 Å². The first-order valence-electron chi connectivity index (χ1n) is 7.71. The van der Waals surface area contributed by atoms with Crippen molar-refractivity contribution >= 4 is 6.09 Å². The quantitative estimate of drug-likeness (QED) is 0.897. The number of aliphatic hydroxyl groups excluding tert-OH is 1. The van der Waals surface area contributed by atoms with Gasteiger partial charge in [-0.15, -0.1) is 0 Å². The van der Waals surface area contributed by atoms with E-state index >= 15 is 0 Å². The lowest BCUT2D eigenvalue weighted by Gasteiger charge is -2.23. The predicted octanol–water partition coefficient (Wildman–Crippen LogP) is 3.10. The summed E-state index contributed by atoms with van der Waals surface area (Å²) in [5, 5.41) is 12.3. The van der Waals surface area contributed by atoms with E-state index in [9.17, 15) is 9.90 Å². The van der Waals surface area contributed by atoms with Crippen LogP contribution < -0.4 is 5.32 Å². The zero-order chi connectivity index (χ0) is 16.2. The summed E-state index contributed by atoms with van der Waals surface area (Å²) in [6.45, 7) is 6.01. The molecule has 0 spiro atoms. The van der Waals surface area contributed by atoms with Crippen LogP contribution in [-0.2, 0) is 9.47 Å². The van der Waals surface area contributed by atoms with E-state index in [1.165, 1.54) is 0 Å². The van der Waals surface area contributed by atoms with E-state index in [1.54, 1.807) is 20.8 Å². The van der Waals surface area contributed by atoms with Crippen LogP contribution in [0.15, 0.2) is 24.3 Å². The summed E-state index contributed by atoms with van der Waals surface area (Å²) in [4.78, 5) is 11.9. The Morgan fingerprint density at radius 3 is 2.86 bits per heavy atom. The van der Waals surface area contributed by atoms with Gasteiger partial charge in [0.15, 0.2) is 0 Å². The van der Waals surface area contributed by atoms with Gasteiger partial charge < -0.3 is 19.9 Å². The molecule has 0 bridgehead atoms. The normalized spacial score (nSPS) is 19.7. The molecule has 5 nitrogen and oxygen atoms in total. The number of hydrogen-bond donors (Lipinski definition) is 2. The summed E-state index contributed by atoms with van der Waals surface area (Å²) in [6, 6.07) is 7.31. The SMILES string of the molecule is CC(C)(C)OC(=O)NC(CO)c1cccc(C2CCCO2)c1. The molecule has 5 heteroatoms. The van der Waals surface area contributed by atoms with Gasteiger partial charge in [0, 0.05) is 6.61 Å². The van der Waals surface area contributed by atoms with E-state index in [0.29, 0.717) is 0 Å². The molecule has 1 amide bonds. The van der Waals surface area contributed by atoms with Crippen molar-refractivity contribution in [2.45, 2.75) is 51.4 Å². The Bertz CT molecular complexity index is 504. The van der Waals surface area contributed by atoms with Crippen molar-refractivity contribution in [1.82, 2.24) is 5.32 Å². The third-order valence-electron chi connectivity index (χ3n) is 3.49. The first-order valence-corrected chi connectivity index (χ1v) is 7.71. The number of benzene rings is 1. The summed E-state index contributed by atoms with van der Waals surface area (Å²) in [5.74, 6) is 0. The average Bonchev–Trinajstić information content (AvgIpc) is 2.97. The second-order valence-electron chi connectivity index (χ2n) is 6.55. The second kappa shape index (κ2) is 7.11. The van der Waals surface area contributed by atoms with Crippen molar-refractivity contribution in [3.8, 4) is 0 Å². The molecule has 122 valence electrons. The molecule has 1 aliphatic heterocycles. The Balaban J connectivity index is 2.07. The molecule has 0 saturated carbocycles. The number of aliphatic hydroxyl groups is 1. The maximum Gasteiger partial charge on any atom is 0.408 e. The fourth-order valence-corrected chi connectivity index (χ4v) is 2.50. The second-order valence-corrected chi connectivity index (χ2v) is 6.55. The fourth-order valence-electron chi connectivity index (χ4n) is 2.50. The van der Waals surface area contributed by atoms with E-state index < -0.39 is 17.7 Å². The highest BCUT2D eigenvalue weighted by molar-refractivity contribution is 5.68. The summed E-state index contributed by atoms with van der Waals surface area (Å²) >= 11 is 0. The van der Waals surface area contributed by atoms with Crippen LogP contribution in [0, 0.1) is 0 Å².